The molecule has 0 radical (unpaired) electrons. The molecular weight excluding hydrogens is 477 g/mol. The van der Waals surface area contributed by atoms with Crippen LogP contribution in [-0.4, -0.2) is 30.1 Å². The monoisotopic (exact) mass is 503 g/mol. The number of pyridine rings is 2. The molecule has 4 aromatic heterocycles. The Morgan fingerprint density at radius 1 is 1.13 bits per heavy atom. The van der Waals surface area contributed by atoms with Gasteiger partial charge in [-0.2, -0.15) is 5.10 Å². The van der Waals surface area contributed by atoms with Gasteiger partial charge in [-0.05, 0) is 79.3 Å². The number of benzene rings is 1. The van der Waals surface area contributed by atoms with Crippen LogP contribution in [0, 0.1) is 11.7 Å². The van der Waals surface area contributed by atoms with Gasteiger partial charge in [-0.1, -0.05) is 19.2 Å². The second kappa shape index (κ2) is 9.55. The zero-order valence-corrected chi connectivity index (χ0v) is 20.9. The summed E-state index contributed by atoms with van der Waals surface area (Å²) in [7, 11) is 0. The summed E-state index contributed by atoms with van der Waals surface area (Å²) in [6.45, 7) is 9.92. The lowest BCUT2D eigenvalue weighted by Gasteiger charge is -2.12. The molecule has 0 saturated heterocycles. The zero-order valence-electron chi connectivity index (χ0n) is 20.9. The summed E-state index contributed by atoms with van der Waals surface area (Å²) >= 11 is 0. The summed E-state index contributed by atoms with van der Waals surface area (Å²) in [5, 5.41) is 11.1. The van der Waals surface area contributed by atoms with Gasteiger partial charge in [-0.25, -0.2) is 14.4 Å². The Bertz CT molecular complexity index is 1750. The van der Waals surface area contributed by atoms with Crippen molar-refractivity contribution in [2.24, 2.45) is 5.92 Å². The number of rotatable bonds is 8. The average molecular weight is 504 g/mol. The summed E-state index contributed by atoms with van der Waals surface area (Å²) in [4.78, 5) is 16.5. The molecule has 3 N–H and O–H groups in total. The first-order chi connectivity index (χ1) is 18.6. The van der Waals surface area contributed by atoms with Crippen LogP contribution in [0.5, 0.6) is 0 Å². The standard InChI is InChI=1S/C30H26FN7/c1-4-18(16-21(5-2)34-17(3)19-6-7-19)22-8-9-24-25(26(22)31)28(38-37-24)30-35-27-23(12-15-33-29(27)36-30)20-10-13-32-14-11-20/h4-5,8-16,19,34H,2-3,6-7H2,1H3,(H,37,38)(H,33,35,36)/b18-4+,21-16+. The molecule has 1 aliphatic rings. The molecule has 8 heteroatoms. The Morgan fingerprint density at radius 2 is 1.95 bits per heavy atom. The largest absolute Gasteiger partial charge is 0.359 e. The number of halogens is 1. The van der Waals surface area contributed by atoms with Crippen molar-refractivity contribution < 1.29 is 4.39 Å². The van der Waals surface area contributed by atoms with Crippen molar-refractivity contribution >= 4 is 27.6 Å². The summed E-state index contributed by atoms with van der Waals surface area (Å²) in [5.74, 6) is 0.539. The van der Waals surface area contributed by atoms with Crippen molar-refractivity contribution in [1.82, 2.24) is 35.5 Å². The van der Waals surface area contributed by atoms with Gasteiger partial charge in [-0.15, -0.1) is 0 Å². The maximum atomic E-state index is 16.2. The second-order valence-electron chi connectivity index (χ2n) is 9.27. The number of hydrogen-bond donors (Lipinski definition) is 3. The lowest BCUT2D eigenvalue weighted by Crippen LogP contribution is -2.12. The topological polar surface area (TPSA) is 95.2 Å². The number of H-pyrrole nitrogens is 2. The fraction of sp³-hybridized carbons (Fsp3) is 0.133. The number of fused-ring (bicyclic) bond motifs is 2. The van der Waals surface area contributed by atoms with E-state index in [9.17, 15) is 0 Å². The Hall–Kier alpha value is -4.85. The van der Waals surface area contributed by atoms with Crippen molar-refractivity contribution in [3.63, 3.8) is 0 Å². The molecule has 0 spiro atoms. The fourth-order valence-corrected chi connectivity index (χ4v) is 4.61. The SMILES string of the molecule is C=C/C(=C\C(=C/C)c1ccc2[nH]nc(-c3nc4nccc(-c5ccncc5)c4[nH]3)c2c1F)NC(=C)C1CC1. The third kappa shape index (κ3) is 4.20. The van der Waals surface area contributed by atoms with E-state index in [-0.39, 0.29) is 5.82 Å². The molecule has 0 aliphatic heterocycles. The third-order valence-corrected chi connectivity index (χ3v) is 6.80. The molecule has 1 aliphatic carbocycles. The Kier molecular flexibility index (Phi) is 5.92. The van der Waals surface area contributed by atoms with Crippen molar-refractivity contribution in [1.29, 1.82) is 0 Å². The minimum absolute atomic E-state index is 0.357. The second-order valence-corrected chi connectivity index (χ2v) is 9.27. The molecule has 7 nitrogen and oxygen atoms in total. The first kappa shape index (κ1) is 23.5. The third-order valence-electron chi connectivity index (χ3n) is 6.80. The van der Waals surface area contributed by atoms with Crippen LogP contribution in [0.25, 0.3) is 50.3 Å². The number of aromatic nitrogens is 6. The summed E-state index contributed by atoms with van der Waals surface area (Å²) in [5.41, 5.74) is 7.04. The molecule has 1 saturated carbocycles. The summed E-state index contributed by atoms with van der Waals surface area (Å²) in [6.07, 6.45) is 12.9. The predicted molar refractivity (Wildman–Crippen MR) is 149 cm³/mol. The van der Waals surface area contributed by atoms with Gasteiger partial charge in [-0.3, -0.25) is 10.1 Å². The molecule has 188 valence electrons. The Labute approximate surface area is 219 Å². The van der Waals surface area contributed by atoms with Gasteiger partial charge in [0, 0.05) is 41.1 Å². The van der Waals surface area contributed by atoms with E-state index < -0.39 is 0 Å². The van der Waals surface area contributed by atoms with E-state index in [4.69, 9.17) is 0 Å². The van der Waals surface area contributed by atoms with Crippen LogP contribution < -0.4 is 5.32 Å². The molecule has 0 atom stereocenters. The lowest BCUT2D eigenvalue weighted by molar-refractivity contribution is 0.636. The molecule has 4 heterocycles. The molecule has 0 bridgehead atoms. The molecule has 5 aromatic rings. The van der Waals surface area contributed by atoms with Crippen molar-refractivity contribution in [2.45, 2.75) is 19.8 Å². The van der Waals surface area contributed by atoms with Gasteiger partial charge >= 0.3 is 0 Å². The molecule has 1 aromatic carbocycles. The predicted octanol–water partition coefficient (Wildman–Crippen LogP) is 6.69. The summed E-state index contributed by atoms with van der Waals surface area (Å²) in [6, 6.07) is 9.33. The van der Waals surface area contributed by atoms with E-state index >= 15 is 4.39 Å². The molecular formula is C30H26FN7. The van der Waals surface area contributed by atoms with E-state index in [2.05, 4.69) is 48.6 Å². The first-order valence-electron chi connectivity index (χ1n) is 12.5. The van der Waals surface area contributed by atoms with Gasteiger partial charge in [0.15, 0.2) is 11.5 Å². The Morgan fingerprint density at radius 3 is 2.68 bits per heavy atom. The van der Waals surface area contributed by atoms with E-state index in [0.717, 1.165) is 40.9 Å². The maximum absolute atomic E-state index is 16.2. The highest BCUT2D eigenvalue weighted by Crippen LogP contribution is 2.36. The van der Waals surface area contributed by atoms with Gasteiger partial charge < -0.3 is 10.3 Å². The number of aromatic amines is 2. The molecule has 38 heavy (non-hydrogen) atoms. The van der Waals surface area contributed by atoms with Crippen LogP contribution in [0.4, 0.5) is 4.39 Å². The van der Waals surface area contributed by atoms with E-state index in [1.807, 2.05) is 43.3 Å². The highest BCUT2D eigenvalue weighted by molar-refractivity contribution is 5.97. The number of hydrogen-bond acceptors (Lipinski definition) is 5. The van der Waals surface area contributed by atoms with E-state index in [1.165, 1.54) is 0 Å². The van der Waals surface area contributed by atoms with Gasteiger partial charge in [0.25, 0.3) is 0 Å². The molecule has 6 rings (SSSR count). The van der Waals surface area contributed by atoms with Crippen LogP contribution in [0.3, 0.4) is 0 Å². The van der Waals surface area contributed by atoms with Crippen LogP contribution >= 0.6 is 0 Å². The molecule has 1 fully saturated rings. The van der Waals surface area contributed by atoms with Crippen LogP contribution in [-0.2, 0) is 0 Å². The average Bonchev–Trinajstić information content (AvgIpc) is 3.56. The van der Waals surface area contributed by atoms with Crippen LogP contribution in [0.15, 0.2) is 91.7 Å². The van der Waals surface area contributed by atoms with E-state index in [1.54, 1.807) is 30.7 Å². The van der Waals surface area contributed by atoms with Crippen molar-refractivity contribution in [2.75, 3.05) is 0 Å². The van der Waals surface area contributed by atoms with Gasteiger partial charge in [0.05, 0.1) is 16.4 Å². The van der Waals surface area contributed by atoms with E-state index in [0.29, 0.717) is 45.1 Å². The van der Waals surface area contributed by atoms with Gasteiger partial charge in [0.2, 0.25) is 0 Å². The highest BCUT2D eigenvalue weighted by Gasteiger charge is 2.25. The molecule has 0 unspecified atom stereocenters. The smallest absolute Gasteiger partial charge is 0.178 e. The zero-order chi connectivity index (χ0) is 26.2. The normalized spacial score (nSPS) is 14.3. The fourth-order valence-electron chi connectivity index (χ4n) is 4.61. The van der Waals surface area contributed by atoms with Crippen LogP contribution in [0.1, 0.15) is 25.3 Å². The molecule has 0 amide bonds. The number of imidazole rings is 1. The maximum Gasteiger partial charge on any atom is 0.178 e. The highest BCUT2D eigenvalue weighted by atomic mass is 19.1. The quantitative estimate of drug-likeness (QED) is 0.205. The van der Waals surface area contributed by atoms with Crippen LogP contribution in [0.2, 0.25) is 0 Å². The van der Waals surface area contributed by atoms with Gasteiger partial charge in [0.1, 0.15) is 11.5 Å². The number of nitrogens with zero attached hydrogens (tertiary/aromatic N) is 4. The number of allylic oxidation sites excluding steroid dienone is 5. The summed E-state index contributed by atoms with van der Waals surface area (Å²) < 4.78 is 16.2. The van der Waals surface area contributed by atoms with Crippen molar-refractivity contribution in [3.8, 4) is 22.6 Å². The number of nitrogens with one attached hydrogen (secondary N) is 3. The Balaban J connectivity index is 1.43. The van der Waals surface area contributed by atoms with Crippen molar-refractivity contribution in [3.05, 3.63) is 103 Å². The first-order valence-corrected chi connectivity index (χ1v) is 12.5. The minimum atomic E-state index is -0.386. The minimum Gasteiger partial charge on any atom is -0.359 e. The lowest BCUT2D eigenvalue weighted by atomic mass is 10.0.